The molecule has 1 aromatic heterocycles. The summed E-state index contributed by atoms with van der Waals surface area (Å²) in [6.45, 7) is 2.04. The van der Waals surface area contributed by atoms with Gasteiger partial charge in [0.1, 0.15) is 5.88 Å². The lowest BCUT2D eigenvalue weighted by Gasteiger charge is -2.17. The van der Waals surface area contributed by atoms with Crippen molar-refractivity contribution < 1.29 is 4.79 Å². The van der Waals surface area contributed by atoms with E-state index in [4.69, 9.17) is 11.6 Å². The number of nitrogens with one attached hydrogen (secondary N) is 1. The molecular formula is C14H14ClNOS. The maximum atomic E-state index is 11.5. The summed E-state index contributed by atoms with van der Waals surface area (Å²) in [6, 6.07) is 12.0. The molecule has 1 heterocycles. The molecule has 1 N–H and O–H groups in total. The Kier molecular flexibility index (Phi) is 4.39. The normalized spacial score (nSPS) is 12.1. The second-order valence-corrected chi connectivity index (χ2v) is 5.31. The van der Waals surface area contributed by atoms with Crippen molar-refractivity contribution in [2.45, 2.75) is 13.0 Å². The molecule has 94 valence electrons. The highest BCUT2D eigenvalue weighted by Crippen LogP contribution is 2.26. The minimum Gasteiger partial charge on any atom is -0.343 e. The van der Waals surface area contributed by atoms with Crippen LogP contribution in [0.2, 0.25) is 0 Å². The lowest BCUT2D eigenvalue weighted by Crippen LogP contribution is -2.29. The van der Waals surface area contributed by atoms with Gasteiger partial charge in [-0.1, -0.05) is 35.9 Å². The van der Waals surface area contributed by atoms with Crippen molar-refractivity contribution in [3.8, 4) is 0 Å². The standard InChI is InChI=1S/C14H14ClNOS/c1-10-4-6-11(7-5-10)14(16-13(17)9-15)12-3-2-8-18-12/h2-8,14H,9H2,1H3,(H,16,17)/t14-/m1/s1. The minimum atomic E-state index is -0.157. The first-order valence-corrected chi connectivity index (χ1v) is 7.07. The van der Waals surface area contributed by atoms with Crippen molar-refractivity contribution >= 4 is 28.8 Å². The number of hydrogen-bond acceptors (Lipinski definition) is 2. The summed E-state index contributed by atoms with van der Waals surface area (Å²) in [5, 5.41) is 4.95. The first kappa shape index (κ1) is 13.1. The summed E-state index contributed by atoms with van der Waals surface area (Å²) >= 11 is 7.19. The summed E-state index contributed by atoms with van der Waals surface area (Å²) in [5.74, 6) is -0.177. The van der Waals surface area contributed by atoms with Gasteiger partial charge in [0.25, 0.3) is 0 Å². The average Bonchev–Trinajstić information content (AvgIpc) is 2.90. The van der Waals surface area contributed by atoms with E-state index in [0.717, 1.165) is 10.4 Å². The lowest BCUT2D eigenvalue weighted by molar-refractivity contribution is -0.119. The molecule has 1 amide bonds. The summed E-state index contributed by atoms with van der Waals surface area (Å²) in [7, 11) is 0. The van der Waals surface area contributed by atoms with Gasteiger partial charge < -0.3 is 5.32 Å². The van der Waals surface area contributed by atoms with E-state index >= 15 is 0 Å². The third-order valence-corrected chi connectivity index (χ3v) is 3.84. The van der Waals surface area contributed by atoms with Crippen LogP contribution in [0.5, 0.6) is 0 Å². The van der Waals surface area contributed by atoms with Gasteiger partial charge >= 0.3 is 0 Å². The molecule has 4 heteroatoms. The topological polar surface area (TPSA) is 29.1 Å². The van der Waals surface area contributed by atoms with E-state index in [9.17, 15) is 4.79 Å². The first-order chi connectivity index (χ1) is 8.70. The Bertz CT molecular complexity index is 507. The van der Waals surface area contributed by atoms with Crippen LogP contribution in [-0.2, 0) is 4.79 Å². The van der Waals surface area contributed by atoms with Crippen LogP contribution in [-0.4, -0.2) is 11.8 Å². The van der Waals surface area contributed by atoms with Crippen LogP contribution in [0.25, 0.3) is 0 Å². The van der Waals surface area contributed by atoms with Crippen molar-refractivity contribution in [1.29, 1.82) is 0 Å². The van der Waals surface area contributed by atoms with E-state index in [1.165, 1.54) is 5.56 Å². The summed E-state index contributed by atoms with van der Waals surface area (Å²) < 4.78 is 0. The number of carbonyl (C=O) groups is 1. The summed E-state index contributed by atoms with van der Waals surface area (Å²) in [6.07, 6.45) is 0. The Morgan fingerprint density at radius 2 is 2.06 bits per heavy atom. The monoisotopic (exact) mass is 279 g/mol. The highest BCUT2D eigenvalue weighted by atomic mass is 35.5. The van der Waals surface area contributed by atoms with Crippen molar-refractivity contribution in [1.82, 2.24) is 5.32 Å². The molecule has 0 radical (unpaired) electrons. The number of aryl methyl sites for hydroxylation is 1. The Hall–Kier alpha value is -1.32. The van der Waals surface area contributed by atoms with Crippen molar-refractivity contribution in [3.05, 3.63) is 57.8 Å². The first-order valence-electron chi connectivity index (χ1n) is 5.66. The maximum absolute atomic E-state index is 11.5. The molecule has 0 aliphatic carbocycles. The molecule has 0 spiro atoms. The Balaban J connectivity index is 2.30. The molecule has 2 rings (SSSR count). The van der Waals surface area contributed by atoms with E-state index < -0.39 is 0 Å². The molecule has 0 fully saturated rings. The van der Waals surface area contributed by atoms with E-state index in [1.807, 2.05) is 48.7 Å². The number of carbonyl (C=O) groups excluding carboxylic acids is 1. The van der Waals surface area contributed by atoms with Crippen LogP contribution >= 0.6 is 22.9 Å². The van der Waals surface area contributed by atoms with Gasteiger partial charge in [0, 0.05) is 4.88 Å². The zero-order valence-electron chi connectivity index (χ0n) is 10.0. The van der Waals surface area contributed by atoms with Crippen LogP contribution in [0.1, 0.15) is 22.0 Å². The molecule has 1 atom stereocenters. The largest absolute Gasteiger partial charge is 0.343 e. The van der Waals surface area contributed by atoms with Crippen LogP contribution in [0.15, 0.2) is 41.8 Å². The smallest absolute Gasteiger partial charge is 0.235 e. The quantitative estimate of drug-likeness (QED) is 0.853. The fraction of sp³-hybridized carbons (Fsp3) is 0.214. The maximum Gasteiger partial charge on any atom is 0.235 e. The van der Waals surface area contributed by atoms with Gasteiger partial charge in [-0.15, -0.1) is 22.9 Å². The van der Waals surface area contributed by atoms with E-state index in [1.54, 1.807) is 11.3 Å². The van der Waals surface area contributed by atoms with Gasteiger partial charge in [0.2, 0.25) is 5.91 Å². The predicted molar refractivity (Wildman–Crippen MR) is 76.2 cm³/mol. The minimum absolute atomic E-state index is 0.0201. The number of benzene rings is 1. The zero-order chi connectivity index (χ0) is 13.0. The van der Waals surface area contributed by atoms with Gasteiger partial charge in [-0.05, 0) is 23.9 Å². The molecule has 0 aliphatic heterocycles. The Labute approximate surface area is 116 Å². The lowest BCUT2D eigenvalue weighted by atomic mass is 10.0. The molecule has 2 nitrogen and oxygen atoms in total. The Morgan fingerprint density at radius 3 is 2.61 bits per heavy atom. The molecule has 0 saturated carbocycles. The van der Waals surface area contributed by atoms with E-state index in [0.29, 0.717) is 0 Å². The average molecular weight is 280 g/mol. The number of halogens is 1. The third-order valence-electron chi connectivity index (χ3n) is 2.67. The number of amides is 1. The summed E-state index contributed by atoms with van der Waals surface area (Å²) in [5.41, 5.74) is 2.27. The second-order valence-electron chi connectivity index (χ2n) is 4.06. The number of alkyl halides is 1. The van der Waals surface area contributed by atoms with Gasteiger partial charge in [-0.3, -0.25) is 4.79 Å². The molecule has 0 saturated heterocycles. The molecular weight excluding hydrogens is 266 g/mol. The van der Waals surface area contributed by atoms with Crippen molar-refractivity contribution in [2.24, 2.45) is 0 Å². The van der Waals surface area contributed by atoms with Crippen LogP contribution in [0.4, 0.5) is 0 Å². The fourth-order valence-corrected chi connectivity index (χ4v) is 2.61. The van der Waals surface area contributed by atoms with Crippen LogP contribution in [0, 0.1) is 6.92 Å². The number of thiophene rings is 1. The van der Waals surface area contributed by atoms with E-state index in [2.05, 4.69) is 5.32 Å². The second kappa shape index (κ2) is 6.03. The summed E-state index contributed by atoms with van der Waals surface area (Å²) in [4.78, 5) is 12.6. The molecule has 1 aromatic carbocycles. The molecule has 0 bridgehead atoms. The van der Waals surface area contributed by atoms with Crippen molar-refractivity contribution in [2.75, 3.05) is 5.88 Å². The fourth-order valence-electron chi connectivity index (χ4n) is 1.73. The van der Waals surface area contributed by atoms with Gasteiger partial charge in [0.05, 0.1) is 6.04 Å². The van der Waals surface area contributed by atoms with Crippen LogP contribution in [0.3, 0.4) is 0 Å². The highest BCUT2D eigenvalue weighted by Gasteiger charge is 2.17. The van der Waals surface area contributed by atoms with Gasteiger partial charge in [0.15, 0.2) is 0 Å². The van der Waals surface area contributed by atoms with Gasteiger partial charge in [-0.2, -0.15) is 0 Å². The SMILES string of the molecule is Cc1ccc([C@@H](NC(=O)CCl)c2cccs2)cc1. The third kappa shape index (κ3) is 3.12. The Morgan fingerprint density at radius 1 is 1.33 bits per heavy atom. The zero-order valence-corrected chi connectivity index (χ0v) is 11.6. The molecule has 18 heavy (non-hydrogen) atoms. The molecule has 0 aliphatic rings. The van der Waals surface area contributed by atoms with Crippen molar-refractivity contribution in [3.63, 3.8) is 0 Å². The number of hydrogen-bond donors (Lipinski definition) is 1. The highest BCUT2D eigenvalue weighted by molar-refractivity contribution is 7.10. The molecule has 2 aromatic rings. The van der Waals surface area contributed by atoms with Crippen LogP contribution < -0.4 is 5.32 Å². The predicted octanol–water partition coefficient (Wildman–Crippen LogP) is 3.50. The van der Waals surface area contributed by atoms with E-state index in [-0.39, 0.29) is 17.8 Å². The number of rotatable bonds is 4. The van der Waals surface area contributed by atoms with Gasteiger partial charge in [-0.25, -0.2) is 0 Å². The molecule has 0 unspecified atom stereocenters.